The molecule has 1 aliphatic heterocycles. The lowest BCUT2D eigenvalue weighted by Crippen LogP contribution is -2.42. The molecule has 25 heavy (non-hydrogen) atoms. The monoisotopic (exact) mass is 358 g/mol. The van der Waals surface area contributed by atoms with E-state index in [1.165, 1.54) is 51.4 Å². The molecule has 1 rings (SSSR count). The maximum atomic E-state index is 9.79. The first kappa shape index (κ1) is 22.6. The standard InChI is InChI=1S/C20H38O5/c1-2-3-4-5-6-7-8-9-10-11-12-13-14-24-18(15-21)20-19(23)17(22)16-25-20/h4-5,17-23H,2-3,6-16H2,1H3/b5-4+/t17-,18+,19+,20+/m0/s1. The van der Waals surface area contributed by atoms with Crippen LogP contribution in [0.4, 0.5) is 0 Å². The van der Waals surface area contributed by atoms with Gasteiger partial charge in [-0.25, -0.2) is 0 Å². The molecular formula is C20H38O5. The normalized spacial score (nSPS) is 25.0. The maximum Gasteiger partial charge on any atom is 0.114 e. The molecule has 0 radical (unpaired) electrons. The lowest BCUT2D eigenvalue weighted by molar-refractivity contribution is -0.101. The van der Waals surface area contributed by atoms with Gasteiger partial charge in [0.25, 0.3) is 0 Å². The van der Waals surface area contributed by atoms with Gasteiger partial charge in [-0.2, -0.15) is 0 Å². The topological polar surface area (TPSA) is 79.2 Å². The van der Waals surface area contributed by atoms with Crippen LogP contribution in [0.2, 0.25) is 0 Å². The summed E-state index contributed by atoms with van der Waals surface area (Å²) in [5, 5.41) is 28.7. The van der Waals surface area contributed by atoms with Crippen LogP contribution in [0, 0.1) is 0 Å². The smallest absolute Gasteiger partial charge is 0.114 e. The summed E-state index contributed by atoms with van der Waals surface area (Å²) in [7, 11) is 0. The number of allylic oxidation sites excluding steroid dienone is 2. The van der Waals surface area contributed by atoms with Crippen molar-refractivity contribution in [2.45, 2.75) is 95.5 Å². The van der Waals surface area contributed by atoms with Crippen LogP contribution in [0.5, 0.6) is 0 Å². The van der Waals surface area contributed by atoms with Crippen LogP contribution < -0.4 is 0 Å². The second kappa shape index (κ2) is 14.7. The van der Waals surface area contributed by atoms with E-state index in [4.69, 9.17) is 9.47 Å². The molecule has 5 heteroatoms. The number of hydrogen-bond donors (Lipinski definition) is 3. The van der Waals surface area contributed by atoms with E-state index < -0.39 is 24.4 Å². The highest BCUT2D eigenvalue weighted by Crippen LogP contribution is 2.20. The van der Waals surface area contributed by atoms with Crippen molar-refractivity contribution < 1.29 is 24.8 Å². The molecule has 0 unspecified atom stereocenters. The third kappa shape index (κ3) is 9.71. The van der Waals surface area contributed by atoms with Crippen LogP contribution in [0.3, 0.4) is 0 Å². The molecule has 5 nitrogen and oxygen atoms in total. The predicted octanol–water partition coefficient (Wildman–Crippen LogP) is 2.96. The fourth-order valence-corrected chi connectivity index (χ4v) is 3.09. The summed E-state index contributed by atoms with van der Waals surface area (Å²) < 4.78 is 10.9. The Balaban J connectivity index is 1.92. The average molecular weight is 359 g/mol. The highest BCUT2D eigenvalue weighted by Gasteiger charge is 2.40. The lowest BCUT2D eigenvalue weighted by Gasteiger charge is -2.24. The van der Waals surface area contributed by atoms with Crippen LogP contribution in [-0.2, 0) is 9.47 Å². The fraction of sp³-hybridized carbons (Fsp3) is 0.900. The SMILES string of the molecule is CCC/C=C/CCCCCCCCCO[C@H](CO)[C@H]1OC[C@H](O)[C@H]1O. The second-order valence-electron chi connectivity index (χ2n) is 6.97. The van der Waals surface area contributed by atoms with Crippen LogP contribution in [-0.4, -0.2) is 59.6 Å². The number of ether oxygens (including phenoxy) is 2. The second-order valence-corrected chi connectivity index (χ2v) is 6.97. The molecule has 4 atom stereocenters. The summed E-state index contributed by atoms with van der Waals surface area (Å²) in [4.78, 5) is 0. The van der Waals surface area contributed by atoms with Crippen LogP contribution in [0.15, 0.2) is 12.2 Å². The fourth-order valence-electron chi connectivity index (χ4n) is 3.09. The van der Waals surface area contributed by atoms with Crippen molar-refractivity contribution in [2.75, 3.05) is 19.8 Å². The molecule has 0 spiro atoms. The van der Waals surface area contributed by atoms with E-state index in [2.05, 4.69) is 19.1 Å². The van der Waals surface area contributed by atoms with Gasteiger partial charge in [-0.3, -0.25) is 0 Å². The quantitative estimate of drug-likeness (QED) is 0.310. The molecule has 0 aliphatic carbocycles. The molecule has 3 N–H and O–H groups in total. The number of aliphatic hydroxyl groups excluding tert-OH is 3. The van der Waals surface area contributed by atoms with Crippen molar-refractivity contribution in [3.05, 3.63) is 12.2 Å². The van der Waals surface area contributed by atoms with Crippen molar-refractivity contribution in [2.24, 2.45) is 0 Å². The highest BCUT2D eigenvalue weighted by atomic mass is 16.6. The van der Waals surface area contributed by atoms with E-state index in [1.807, 2.05) is 0 Å². The van der Waals surface area contributed by atoms with Gasteiger partial charge in [0.15, 0.2) is 0 Å². The minimum atomic E-state index is -0.978. The summed E-state index contributed by atoms with van der Waals surface area (Å²) in [5.41, 5.74) is 0. The predicted molar refractivity (Wildman–Crippen MR) is 99.6 cm³/mol. The van der Waals surface area contributed by atoms with Crippen molar-refractivity contribution in [3.8, 4) is 0 Å². The Hall–Kier alpha value is -0.460. The van der Waals surface area contributed by atoms with Crippen molar-refractivity contribution in [3.63, 3.8) is 0 Å². The van der Waals surface area contributed by atoms with Crippen molar-refractivity contribution in [1.29, 1.82) is 0 Å². The zero-order valence-electron chi connectivity index (χ0n) is 15.8. The maximum absolute atomic E-state index is 9.79. The van der Waals surface area contributed by atoms with E-state index in [-0.39, 0.29) is 13.2 Å². The van der Waals surface area contributed by atoms with Crippen LogP contribution >= 0.6 is 0 Å². The van der Waals surface area contributed by atoms with Gasteiger partial charge in [0.05, 0.1) is 13.2 Å². The Labute approximate surface area is 153 Å². The lowest BCUT2D eigenvalue weighted by atomic mass is 10.1. The van der Waals surface area contributed by atoms with Gasteiger partial charge >= 0.3 is 0 Å². The molecule has 148 valence electrons. The Morgan fingerprint density at radius 2 is 1.64 bits per heavy atom. The average Bonchev–Trinajstić information content (AvgIpc) is 2.95. The number of rotatable bonds is 15. The number of hydrogen-bond acceptors (Lipinski definition) is 5. The van der Waals surface area contributed by atoms with Crippen LogP contribution in [0.25, 0.3) is 0 Å². The van der Waals surface area contributed by atoms with Crippen LogP contribution in [0.1, 0.15) is 71.1 Å². The third-order valence-corrected chi connectivity index (χ3v) is 4.71. The molecule has 0 amide bonds. The van der Waals surface area contributed by atoms with Crippen molar-refractivity contribution >= 4 is 0 Å². The van der Waals surface area contributed by atoms with Gasteiger partial charge in [-0.1, -0.05) is 57.6 Å². The molecule has 0 aromatic rings. The highest BCUT2D eigenvalue weighted by molar-refractivity contribution is 4.88. The van der Waals surface area contributed by atoms with E-state index in [1.54, 1.807) is 0 Å². The third-order valence-electron chi connectivity index (χ3n) is 4.71. The molecule has 1 aliphatic rings. The van der Waals surface area contributed by atoms with E-state index in [0.29, 0.717) is 6.61 Å². The molecular weight excluding hydrogens is 320 g/mol. The van der Waals surface area contributed by atoms with E-state index in [0.717, 1.165) is 12.8 Å². The van der Waals surface area contributed by atoms with Gasteiger partial charge in [-0.05, 0) is 25.7 Å². The number of unbranched alkanes of at least 4 members (excludes halogenated alkanes) is 8. The van der Waals surface area contributed by atoms with Crippen molar-refractivity contribution in [1.82, 2.24) is 0 Å². The van der Waals surface area contributed by atoms with E-state index in [9.17, 15) is 15.3 Å². The first-order valence-corrected chi connectivity index (χ1v) is 10.1. The molecule has 0 saturated carbocycles. The minimum absolute atomic E-state index is 0.0973. The molecule has 1 fully saturated rings. The Morgan fingerprint density at radius 1 is 1.00 bits per heavy atom. The summed E-state index contributed by atoms with van der Waals surface area (Å²) in [6, 6.07) is 0. The molecule has 0 aromatic carbocycles. The first-order chi connectivity index (χ1) is 12.2. The Bertz CT molecular complexity index is 334. The molecule has 1 saturated heterocycles. The Morgan fingerprint density at radius 3 is 2.24 bits per heavy atom. The summed E-state index contributed by atoms with van der Waals surface area (Å²) in [6.45, 7) is 2.65. The van der Waals surface area contributed by atoms with Gasteiger partial charge in [-0.15, -0.1) is 0 Å². The first-order valence-electron chi connectivity index (χ1n) is 10.1. The summed E-state index contributed by atoms with van der Waals surface area (Å²) >= 11 is 0. The minimum Gasteiger partial charge on any atom is -0.394 e. The van der Waals surface area contributed by atoms with Gasteiger partial charge in [0.2, 0.25) is 0 Å². The summed E-state index contributed by atoms with van der Waals surface area (Å²) in [5.74, 6) is 0. The molecule has 1 heterocycles. The van der Waals surface area contributed by atoms with E-state index >= 15 is 0 Å². The summed E-state index contributed by atoms with van der Waals surface area (Å²) in [6.07, 6.45) is 13.6. The van der Waals surface area contributed by atoms with Gasteiger partial charge in [0.1, 0.15) is 24.4 Å². The van der Waals surface area contributed by atoms with Gasteiger partial charge < -0.3 is 24.8 Å². The largest absolute Gasteiger partial charge is 0.394 e. The zero-order valence-corrected chi connectivity index (χ0v) is 15.8. The van der Waals surface area contributed by atoms with Gasteiger partial charge in [0, 0.05) is 6.61 Å². The Kier molecular flexibility index (Phi) is 13.3. The number of aliphatic hydroxyl groups is 3. The molecule has 0 aromatic heterocycles. The molecule has 0 bridgehead atoms. The zero-order chi connectivity index (χ0) is 18.3.